The number of thioether (sulfide) groups is 1. The van der Waals surface area contributed by atoms with Crippen LogP contribution in [-0.2, 0) is 0 Å². The Hall–Kier alpha value is -1.28. The number of rotatable bonds is 2. The van der Waals surface area contributed by atoms with E-state index in [1.807, 2.05) is 30.0 Å². The third-order valence-corrected chi connectivity index (χ3v) is 4.94. The summed E-state index contributed by atoms with van der Waals surface area (Å²) < 4.78 is 0. The lowest BCUT2D eigenvalue weighted by Crippen LogP contribution is -2.29. The van der Waals surface area contributed by atoms with Crippen molar-refractivity contribution in [2.75, 3.05) is 0 Å². The number of hydrogen-bond acceptors (Lipinski definition) is 2. The fraction of sp³-hybridized carbons (Fsp3) is 0.353. The second-order valence-corrected chi connectivity index (χ2v) is 6.89. The van der Waals surface area contributed by atoms with Crippen LogP contribution in [0, 0.1) is 11.8 Å². The van der Waals surface area contributed by atoms with E-state index in [0.717, 1.165) is 16.9 Å². The molecule has 1 aromatic carbocycles. The Bertz CT molecular complexity index is 568. The third kappa shape index (κ3) is 2.42. The number of carbonyl (C=O) groups excluding carboxylic acids is 1. The first-order valence-electron chi connectivity index (χ1n) is 6.84. The van der Waals surface area contributed by atoms with Crippen LogP contribution in [-0.4, -0.2) is 11.0 Å². The monoisotopic (exact) mass is 270 g/mol. The zero-order chi connectivity index (χ0) is 13.4. The molecule has 0 saturated carbocycles. The first kappa shape index (κ1) is 12.7. The zero-order valence-corrected chi connectivity index (χ0v) is 12.1. The summed E-state index contributed by atoms with van der Waals surface area (Å²) in [6, 6.07) is 7.96. The maximum absolute atomic E-state index is 12.6. The highest BCUT2D eigenvalue weighted by Gasteiger charge is 2.34. The molecule has 1 aromatic rings. The van der Waals surface area contributed by atoms with Crippen LogP contribution in [0.4, 0.5) is 0 Å². The average Bonchev–Trinajstić information content (AvgIpc) is 2.39. The van der Waals surface area contributed by atoms with E-state index in [1.54, 1.807) is 0 Å². The molecule has 98 valence electrons. The van der Waals surface area contributed by atoms with Gasteiger partial charge in [-0.1, -0.05) is 55.8 Å². The van der Waals surface area contributed by atoms with Crippen LogP contribution >= 0.6 is 11.8 Å². The Morgan fingerprint density at radius 2 is 2.05 bits per heavy atom. The van der Waals surface area contributed by atoms with Crippen LogP contribution in [0.15, 0.2) is 53.0 Å². The zero-order valence-electron chi connectivity index (χ0n) is 11.3. The fourth-order valence-corrected chi connectivity index (χ4v) is 4.02. The molecular formula is C17H18OS. The van der Waals surface area contributed by atoms with E-state index < -0.39 is 0 Å². The number of allylic oxidation sites excluding steroid dienone is 3. The number of hydrogen-bond donors (Lipinski definition) is 0. The Morgan fingerprint density at radius 1 is 1.26 bits per heavy atom. The van der Waals surface area contributed by atoms with E-state index >= 15 is 0 Å². The molecule has 2 atom stereocenters. The van der Waals surface area contributed by atoms with Gasteiger partial charge in [-0.15, -0.1) is 11.8 Å². The lowest BCUT2D eigenvalue weighted by molar-refractivity contribution is 0.0941. The van der Waals surface area contributed by atoms with E-state index in [4.69, 9.17) is 0 Å². The molecule has 19 heavy (non-hydrogen) atoms. The maximum Gasteiger partial charge on any atom is 0.172 e. The van der Waals surface area contributed by atoms with E-state index in [2.05, 4.69) is 38.1 Å². The van der Waals surface area contributed by atoms with Gasteiger partial charge in [0.2, 0.25) is 0 Å². The van der Waals surface area contributed by atoms with E-state index in [1.165, 1.54) is 5.57 Å². The van der Waals surface area contributed by atoms with Gasteiger partial charge >= 0.3 is 0 Å². The molecule has 2 unspecified atom stereocenters. The van der Waals surface area contributed by atoms with Gasteiger partial charge in [0.1, 0.15) is 0 Å². The predicted molar refractivity (Wildman–Crippen MR) is 80.6 cm³/mol. The number of benzene rings is 1. The van der Waals surface area contributed by atoms with E-state index in [-0.39, 0.29) is 17.0 Å². The van der Waals surface area contributed by atoms with Gasteiger partial charge in [0.05, 0.1) is 5.92 Å². The smallest absolute Gasteiger partial charge is 0.172 e. The second kappa shape index (κ2) is 5.01. The van der Waals surface area contributed by atoms with Crippen LogP contribution in [0.3, 0.4) is 0 Å². The van der Waals surface area contributed by atoms with Gasteiger partial charge < -0.3 is 0 Å². The first-order chi connectivity index (χ1) is 9.15. The van der Waals surface area contributed by atoms with Crippen molar-refractivity contribution in [1.29, 1.82) is 0 Å². The Kier molecular flexibility index (Phi) is 3.36. The minimum Gasteiger partial charge on any atom is -0.293 e. The quantitative estimate of drug-likeness (QED) is 0.787. The molecule has 0 N–H and O–H groups in total. The highest BCUT2D eigenvalue weighted by Crippen LogP contribution is 2.42. The predicted octanol–water partition coefficient (Wildman–Crippen LogP) is 4.50. The van der Waals surface area contributed by atoms with Gasteiger partial charge in [0, 0.05) is 15.7 Å². The molecule has 1 aliphatic heterocycles. The lowest BCUT2D eigenvalue weighted by Gasteiger charge is -2.30. The number of carbonyl (C=O) groups is 1. The van der Waals surface area contributed by atoms with E-state index in [9.17, 15) is 4.79 Å². The molecule has 2 heteroatoms. The molecule has 0 bridgehead atoms. The van der Waals surface area contributed by atoms with Crippen LogP contribution in [0.25, 0.3) is 0 Å². The summed E-state index contributed by atoms with van der Waals surface area (Å²) in [6.45, 7) is 4.43. The summed E-state index contributed by atoms with van der Waals surface area (Å²) >= 11 is 1.81. The van der Waals surface area contributed by atoms with Crippen LogP contribution in [0.5, 0.6) is 0 Å². The second-order valence-electron chi connectivity index (χ2n) is 5.67. The summed E-state index contributed by atoms with van der Waals surface area (Å²) in [7, 11) is 0. The highest BCUT2D eigenvalue weighted by molar-refractivity contribution is 8.00. The summed E-state index contributed by atoms with van der Waals surface area (Å²) in [5, 5.41) is 0.276. The van der Waals surface area contributed by atoms with Gasteiger partial charge in [-0.2, -0.15) is 0 Å². The minimum atomic E-state index is 0.0265. The van der Waals surface area contributed by atoms with Gasteiger partial charge in [-0.3, -0.25) is 4.79 Å². The fourth-order valence-electron chi connectivity index (χ4n) is 2.76. The third-order valence-electron chi connectivity index (χ3n) is 3.61. The molecule has 0 saturated heterocycles. The van der Waals surface area contributed by atoms with E-state index in [0.29, 0.717) is 5.92 Å². The summed E-state index contributed by atoms with van der Waals surface area (Å²) in [5.74, 6) is 0.940. The molecule has 0 spiro atoms. The topological polar surface area (TPSA) is 17.1 Å². The summed E-state index contributed by atoms with van der Waals surface area (Å²) in [4.78, 5) is 13.7. The van der Waals surface area contributed by atoms with Crippen molar-refractivity contribution in [2.24, 2.45) is 11.8 Å². The number of Topliss-reactive ketones (excluding diaryl/α,β-unsaturated/α-hetero) is 1. The van der Waals surface area contributed by atoms with Gasteiger partial charge in [0.25, 0.3) is 0 Å². The van der Waals surface area contributed by atoms with Gasteiger partial charge in [0.15, 0.2) is 5.78 Å². The van der Waals surface area contributed by atoms with Crippen LogP contribution in [0.2, 0.25) is 0 Å². The molecule has 0 radical (unpaired) electrons. The SMILES string of the molecule is CC(C)CC1=CC2C(=O)c3ccccc3SC2C=C1. The number of fused-ring (bicyclic) bond motifs is 2. The number of ketones is 1. The van der Waals surface area contributed by atoms with Crippen LogP contribution < -0.4 is 0 Å². The molecule has 1 nitrogen and oxygen atoms in total. The van der Waals surface area contributed by atoms with Crippen LogP contribution in [0.1, 0.15) is 30.6 Å². The lowest BCUT2D eigenvalue weighted by atomic mass is 9.86. The first-order valence-corrected chi connectivity index (χ1v) is 7.72. The van der Waals surface area contributed by atoms with Crippen molar-refractivity contribution in [2.45, 2.75) is 30.4 Å². The van der Waals surface area contributed by atoms with Crippen molar-refractivity contribution < 1.29 is 4.79 Å². The molecule has 3 rings (SSSR count). The standard InChI is InChI=1S/C17H18OS/c1-11(2)9-12-7-8-16-14(10-12)17(18)13-5-3-4-6-15(13)19-16/h3-8,10-11,14,16H,9H2,1-2H3. The summed E-state index contributed by atoms with van der Waals surface area (Å²) in [6.07, 6.45) is 7.66. The summed E-state index contributed by atoms with van der Waals surface area (Å²) in [5.41, 5.74) is 2.20. The van der Waals surface area contributed by atoms with Crippen molar-refractivity contribution in [3.63, 3.8) is 0 Å². The van der Waals surface area contributed by atoms with Crippen molar-refractivity contribution in [3.8, 4) is 0 Å². The molecule has 1 heterocycles. The normalized spacial score (nSPS) is 25.0. The van der Waals surface area contributed by atoms with Crippen molar-refractivity contribution in [3.05, 3.63) is 53.6 Å². The molecule has 0 fully saturated rings. The molecule has 0 amide bonds. The Labute approximate surface area is 118 Å². The highest BCUT2D eigenvalue weighted by atomic mass is 32.2. The van der Waals surface area contributed by atoms with Crippen molar-refractivity contribution in [1.82, 2.24) is 0 Å². The largest absolute Gasteiger partial charge is 0.293 e. The maximum atomic E-state index is 12.6. The minimum absolute atomic E-state index is 0.0265. The van der Waals surface area contributed by atoms with Gasteiger partial charge in [-0.05, 0) is 18.4 Å². The molecular weight excluding hydrogens is 252 g/mol. The molecule has 2 aliphatic rings. The van der Waals surface area contributed by atoms with Gasteiger partial charge in [-0.25, -0.2) is 0 Å². The average molecular weight is 270 g/mol. The van der Waals surface area contributed by atoms with Crippen molar-refractivity contribution >= 4 is 17.5 Å². The Morgan fingerprint density at radius 3 is 2.84 bits per heavy atom. The Balaban J connectivity index is 1.93. The molecule has 0 aromatic heterocycles. The molecule has 1 aliphatic carbocycles.